The van der Waals surface area contributed by atoms with E-state index in [1.807, 2.05) is 61.0 Å². The topological polar surface area (TPSA) is 64.0 Å². The Morgan fingerprint density at radius 3 is 2.77 bits per heavy atom. The standard InChI is InChI=1S/C20H19N3O2S/c1-3-26-20-22-19(25)17-15(11-16(24)21-18(17)23(20)2)14-10-6-8-12-7-4-5-9-13(12)14/h4-10,15H,3,11H2,1-2H3,(H,21,24)/t15-/m0/s1. The normalized spacial score (nSPS) is 16.4. The third-order valence-electron chi connectivity index (χ3n) is 4.77. The van der Waals surface area contributed by atoms with Crippen molar-refractivity contribution in [3.63, 3.8) is 0 Å². The highest BCUT2D eigenvalue weighted by atomic mass is 32.2. The number of aromatic nitrogens is 2. The number of benzene rings is 2. The average molecular weight is 365 g/mol. The molecule has 0 radical (unpaired) electrons. The Morgan fingerprint density at radius 1 is 1.19 bits per heavy atom. The van der Waals surface area contributed by atoms with Crippen molar-refractivity contribution in [2.24, 2.45) is 7.05 Å². The Morgan fingerprint density at radius 2 is 1.96 bits per heavy atom. The molecule has 2 aromatic carbocycles. The van der Waals surface area contributed by atoms with Gasteiger partial charge in [-0.2, -0.15) is 4.98 Å². The van der Waals surface area contributed by atoms with Gasteiger partial charge in [0.1, 0.15) is 5.82 Å². The molecule has 0 fully saturated rings. The van der Waals surface area contributed by atoms with Crippen molar-refractivity contribution in [1.29, 1.82) is 0 Å². The summed E-state index contributed by atoms with van der Waals surface area (Å²) < 4.78 is 1.82. The largest absolute Gasteiger partial charge is 0.312 e. The number of nitrogens with zero attached hydrogens (tertiary/aromatic N) is 2. The van der Waals surface area contributed by atoms with Gasteiger partial charge in [-0.15, -0.1) is 0 Å². The van der Waals surface area contributed by atoms with E-state index in [2.05, 4.69) is 10.3 Å². The predicted molar refractivity (Wildman–Crippen MR) is 105 cm³/mol. The van der Waals surface area contributed by atoms with Gasteiger partial charge in [0.15, 0.2) is 5.16 Å². The van der Waals surface area contributed by atoms with Crippen molar-refractivity contribution in [3.05, 3.63) is 63.9 Å². The number of fused-ring (bicyclic) bond motifs is 2. The van der Waals surface area contributed by atoms with Gasteiger partial charge in [-0.1, -0.05) is 61.2 Å². The molecule has 5 nitrogen and oxygen atoms in total. The fourth-order valence-electron chi connectivity index (χ4n) is 3.61. The zero-order valence-corrected chi connectivity index (χ0v) is 15.5. The second kappa shape index (κ2) is 6.61. The van der Waals surface area contributed by atoms with Gasteiger partial charge >= 0.3 is 0 Å². The number of amides is 1. The van der Waals surface area contributed by atoms with Crippen LogP contribution in [0.25, 0.3) is 10.8 Å². The van der Waals surface area contributed by atoms with Crippen LogP contribution in [0, 0.1) is 0 Å². The Balaban J connectivity index is 1.97. The van der Waals surface area contributed by atoms with Gasteiger partial charge in [-0.3, -0.25) is 9.59 Å². The SMILES string of the molecule is CCSc1nc(=O)c2c(n1C)NC(=O)C[C@H]2c1cccc2ccccc12. The van der Waals surface area contributed by atoms with E-state index >= 15 is 0 Å². The highest BCUT2D eigenvalue weighted by Crippen LogP contribution is 2.38. The first-order valence-electron chi connectivity index (χ1n) is 8.61. The van der Waals surface area contributed by atoms with Crippen LogP contribution in [0.15, 0.2) is 52.4 Å². The molecule has 4 rings (SSSR count). The summed E-state index contributed by atoms with van der Waals surface area (Å²) in [5.41, 5.74) is 1.31. The van der Waals surface area contributed by atoms with Crippen LogP contribution in [0.3, 0.4) is 0 Å². The molecular formula is C20H19N3O2S. The molecule has 26 heavy (non-hydrogen) atoms. The van der Waals surface area contributed by atoms with Crippen molar-refractivity contribution in [3.8, 4) is 0 Å². The Labute approximate surface area is 155 Å². The summed E-state index contributed by atoms with van der Waals surface area (Å²) in [6, 6.07) is 14.1. The molecule has 0 saturated carbocycles. The van der Waals surface area contributed by atoms with Gasteiger partial charge in [0.2, 0.25) is 5.91 Å². The molecule has 1 aliphatic rings. The first-order valence-corrected chi connectivity index (χ1v) is 9.60. The Bertz CT molecular complexity index is 1070. The van der Waals surface area contributed by atoms with Crippen molar-refractivity contribution in [2.45, 2.75) is 24.4 Å². The number of thioether (sulfide) groups is 1. The van der Waals surface area contributed by atoms with Crippen LogP contribution in [-0.2, 0) is 11.8 Å². The van der Waals surface area contributed by atoms with Crippen molar-refractivity contribution in [1.82, 2.24) is 9.55 Å². The zero-order chi connectivity index (χ0) is 18.3. The van der Waals surface area contributed by atoms with E-state index in [0.717, 1.165) is 22.1 Å². The molecule has 2 heterocycles. The van der Waals surface area contributed by atoms with E-state index < -0.39 is 0 Å². The molecular weight excluding hydrogens is 346 g/mol. The number of rotatable bonds is 3. The number of hydrogen-bond donors (Lipinski definition) is 1. The van der Waals surface area contributed by atoms with Crippen molar-refractivity contribution >= 4 is 34.3 Å². The first-order chi connectivity index (χ1) is 12.6. The smallest absolute Gasteiger partial charge is 0.279 e. The monoisotopic (exact) mass is 365 g/mol. The lowest BCUT2D eigenvalue weighted by atomic mass is 9.84. The fourth-order valence-corrected chi connectivity index (χ4v) is 4.30. The Kier molecular flexibility index (Phi) is 4.28. The molecule has 1 aromatic heterocycles. The molecule has 6 heteroatoms. The minimum absolute atomic E-state index is 0.0796. The lowest BCUT2D eigenvalue weighted by Crippen LogP contribution is -2.33. The van der Waals surface area contributed by atoms with Gasteiger partial charge in [-0.25, -0.2) is 0 Å². The van der Waals surface area contributed by atoms with Crippen molar-refractivity contribution in [2.75, 3.05) is 11.1 Å². The summed E-state index contributed by atoms with van der Waals surface area (Å²) >= 11 is 1.49. The summed E-state index contributed by atoms with van der Waals surface area (Å²) in [6.45, 7) is 2.01. The van der Waals surface area contributed by atoms with E-state index in [4.69, 9.17) is 0 Å². The molecule has 0 unspecified atom stereocenters. The highest BCUT2D eigenvalue weighted by molar-refractivity contribution is 7.99. The van der Waals surface area contributed by atoms with Gasteiger partial charge in [0.25, 0.3) is 5.56 Å². The molecule has 0 saturated heterocycles. The number of carbonyl (C=O) groups is 1. The summed E-state index contributed by atoms with van der Waals surface area (Å²) in [5, 5.41) is 5.67. The summed E-state index contributed by atoms with van der Waals surface area (Å²) in [7, 11) is 1.84. The van der Waals surface area contributed by atoms with Gasteiger partial charge in [-0.05, 0) is 22.1 Å². The average Bonchev–Trinajstić information content (AvgIpc) is 2.65. The van der Waals surface area contributed by atoms with E-state index in [9.17, 15) is 9.59 Å². The molecule has 0 spiro atoms. The molecule has 0 bridgehead atoms. The van der Waals surface area contributed by atoms with Crippen LogP contribution in [-0.4, -0.2) is 21.2 Å². The van der Waals surface area contributed by atoms with Crippen LogP contribution in [0.4, 0.5) is 5.82 Å². The van der Waals surface area contributed by atoms with E-state index in [1.54, 1.807) is 0 Å². The number of carbonyl (C=O) groups excluding carboxylic acids is 1. The lowest BCUT2D eigenvalue weighted by Gasteiger charge is -2.28. The molecule has 1 aliphatic heterocycles. The molecule has 132 valence electrons. The van der Waals surface area contributed by atoms with Crippen LogP contribution in [0.5, 0.6) is 0 Å². The number of nitrogens with one attached hydrogen (secondary N) is 1. The van der Waals surface area contributed by atoms with Crippen LogP contribution in [0.1, 0.15) is 30.4 Å². The molecule has 1 N–H and O–H groups in total. The van der Waals surface area contributed by atoms with Crippen LogP contribution < -0.4 is 10.9 Å². The van der Waals surface area contributed by atoms with E-state index in [0.29, 0.717) is 16.5 Å². The predicted octanol–water partition coefficient (Wildman–Crippen LogP) is 3.52. The number of hydrogen-bond acceptors (Lipinski definition) is 4. The third kappa shape index (κ3) is 2.70. The van der Waals surface area contributed by atoms with Crippen LogP contribution in [0.2, 0.25) is 0 Å². The highest BCUT2D eigenvalue weighted by Gasteiger charge is 2.32. The molecule has 3 aromatic rings. The molecule has 1 atom stereocenters. The molecule has 1 amide bonds. The first kappa shape index (κ1) is 16.8. The van der Waals surface area contributed by atoms with Crippen LogP contribution >= 0.6 is 11.8 Å². The quantitative estimate of drug-likeness (QED) is 0.570. The summed E-state index contributed by atoms with van der Waals surface area (Å²) in [6.07, 6.45) is 0.248. The summed E-state index contributed by atoms with van der Waals surface area (Å²) in [4.78, 5) is 29.5. The summed E-state index contributed by atoms with van der Waals surface area (Å²) in [5.74, 6) is 0.996. The maximum Gasteiger partial charge on any atom is 0.279 e. The van der Waals surface area contributed by atoms with E-state index in [-0.39, 0.29) is 23.8 Å². The third-order valence-corrected chi connectivity index (χ3v) is 5.69. The second-order valence-corrected chi connectivity index (χ2v) is 7.56. The Hall–Kier alpha value is -2.60. The minimum atomic E-state index is -0.295. The molecule has 0 aliphatic carbocycles. The minimum Gasteiger partial charge on any atom is -0.312 e. The zero-order valence-electron chi connectivity index (χ0n) is 14.7. The fraction of sp³-hybridized carbons (Fsp3) is 0.250. The van der Waals surface area contributed by atoms with Crippen molar-refractivity contribution < 1.29 is 4.79 Å². The van der Waals surface area contributed by atoms with Gasteiger partial charge in [0.05, 0.1) is 5.56 Å². The second-order valence-electron chi connectivity index (χ2n) is 6.33. The van der Waals surface area contributed by atoms with Gasteiger partial charge in [0, 0.05) is 19.4 Å². The maximum absolute atomic E-state index is 12.8. The van der Waals surface area contributed by atoms with Gasteiger partial charge < -0.3 is 9.88 Å². The van der Waals surface area contributed by atoms with E-state index in [1.165, 1.54) is 11.8 Å². The maximum atomic E-state index is 12.8. The lowest BCUT2D eigenvalue weighted by molar-refractivity contribution is -0.116. The number of anilines is 1.